The monoisotopic (exact) mass is 357 g/mol. The molecule has 0 atom stereocenters. The molecule has 7 heteroatoms. The van der Waals surface area contributed by atoms with Crippen molar-refractivity contribution in [1.29, 1.82) is 0 Å². The van der Waals surface area contributed by atoms with E-state index in [1.54, 1.807) is 0 Å². The molecule has 134 valence electrons. The SMILES string of the molecule is Cc1cccc(-c2ncc3c(n2)N(c2ccnc4[nH]ccc24)CCN3C)n1. The Morgan fingerprint density at radius 2 is 1.93 bits per heavy atom. The highest BCUT2D eigenvalue weighted by Gasteiger charge is 2.26. The van der Waals surface area contributed by atoms with Crippen molar-refractivity contribution < 1.29 is 0 Å². The third kappa shape index (κ3) is 2.59. The molecule has 0 saturated heterocycles. The summed E-state index contributed by atoms with van der Waals surface area (Å²) in [4.78, 5) is 26.1. The predicted molar refractivity (Wildman–Crippen MR) is 106 cm³/mol. The first kappa shape index (κ1) is 15.7. The summed E-state index contributed by atoms with van der Waals surface area (Å²) in [6.07, 6.45) is 5.64. The van der Waals surface area contributed by atoms with Gasteiger partial charge in [0.15, 0.2) is 11.6 Å². The van der Waals surface area contributed by atoms with Gasteiger partial charge in [0.05, 0.1) is 17.6 Å². The number of hydrogen-bond acceptors (Lipinski definition) is 6. The summed E-state index contributed by atoms with van der Waals surface area (Å²) < 4.78 is 0. The molecule has 0 unspecified atom stereocenters. The van der Waals surface area contributed by atoms with E-state index in [1.807, 2.05) is 49.8 Å². The van der Waals surface area contributed by atoms with Crippen LogP contribution in [0, 0.1) is 6.92 Å². The lowest BCUT2D eigenvalue weighted by atomic mass is 10.2. The van der Waals surface area contributed by atoms with Gasteiger partial charge in [-0.05, 0) is 31.2 Å². The van der Waals surface area contributed by atoms with E-state index in [0.717, 1.165) is 52.7 Å². The van der Waals surface area contributed by atoms with Gasteiger partial charge in [-0.2, -0.15) is 0 Å². The zero-order valence-electron chi connectivity index (χ0n) is 15.2. The zero-order valence-corrected chi connectivity index (χ0v) is 15.2. The van der Waals surface area contributed by atoms with Gasteiger partial charge in [0.2, 0.25) is 0 Å². The van der Waals surface area contributed by atoms with Crippen molar-refractivity contribution >= 4 is 28.2 Å². The van der Waals surface area contributed by atoms with Gasteiger partial charge in [-0.3, -0.25) is 0 Å². The highest BCUT2D eigenvalue weighted by Crippen LogP contribution is 2.38. The number of likely N-dealkylation sites (N-methyl/N-ethyl adjacent to an activating group) is 1. The highest BCUT2D eigenvalue weighted by molar-refractivity contribution is 5.93. The fourth-order valence-corrected chi connectivity index (χ4v) is 3.52. The number of hydrogen-bond donors (Lipinski definition) is 1. The van der Waals surface area contributed by atoms with Gasteiger partial charge in [0.25, 0.3) is 0 Å². The van der Waals surface area contributed by atoms with Gasteiger partial charge in [-0.1, -0.05) is 6.07 Å². The van der Waals surface area contributed by atoms with Gasteiger partial charge >= 0.3 is 0 Å². The number of H-pyrrole nitrogens is 1. The number of aryl methyl sites for hydroxylation is 1. The average molecular weight is 357 g/mol. The van der Waals surface area contributed by atoms with Gasteiger partial charge < -0.3 is 14.8 Å². The second-order valence-corrected chi connectivity index (χ2v) is 6.71. The number of fused-ring (bicyclic) bond motifs is 2. The maximum absolute atomic E-state index is 4.90. The molecule has 1 N–H and O–H groups in total. The molecule has 0 saturated carbocycles. The lowest BCUT2D eigenvalue weighted by molar-refractivity contribution is 0.802. The Bertz CT molecular complexity index is 1130. The topological polar surface area (TPSA) is 73.8 Å². The standard InChI is InChI=1S/C20H19N7/c1-13-4-3-5-15(24-13)19-23-12-17-20(25-19)27(11-10-26(17)2)16-7-9-22-18-14(16)6-8-21-18/h3-9,12H,10-11H2,1-2H3,(H,21,22). The van der Waals surface area contributed by atoms with Crippen LogP contribution >= 0.6 is 0 Å². The van der Waals surface area contributed by atoms with Crippen LogP contribution in [0.25, 0.3) is 22.6 Å². The van der Waals surface area contributed by atoms with E-state index in [9.17, 15) is 0 Å². The van der Waals surface area contributed by atoms with Crippen LogP contribution in [0.3, 0.4) is 0 Å². The van der Waals surface area contributed by atoms with E-state index in [4.69, 9.17) is 4.98 Å². The van der Waals surface area contributed by atoms with Crippen LogP contribution in [0.2, 0.25) is 0 Å². The molecule has 4 aromatic heterocycles. The molecule has 5 heterocycles. The van der Waals surface area contributed by atoms with E-state index in [2.05, 4.69) is 42.8 Å². The summed E-state index contributed by atoms with van der Waals surface area (Å²) in [6.45, 7) is 3.71. The zero-order chi connectivity index (χ0) is 18.4. The minimum Gasteiger partial charge on any atom is -0.369 e. The first-order valence-corrected chi connectivity index (χ1v) is 8.92. The maximum atomic E-state index is 4.90. The van der Waals surface area contributed by atoms with Crippen molar-refractivity contribution in [2.75, 3.05) is 29.9 Å². The molecule has 5 rings (SSSR count). The van der Waals surface area contributed by atoms with E-state index in [1.165, 1.54) is 0 Å². The van der Waals surface area contributed by atoms with Crippen LogP contribution in [0.4, 0.5) is 17.2 Å². The van der Waals surface area contributed by atoms with E-state index < -0.39 is 0 Å². The first-order valence-electron chi connectivity index (χ1n) is 8.92. The Hall–Kier alpha value is -3.48. The Balaban J connectivity index is 1.68. The molecule has 0 spiro atoms. The first-order chi connectivity index (χ1) is 13.2. The van der Waals surface area contributed by atoms with Crippen molar-refractivity contribution in [3.05, 3.63) is 54.6 Å². The number of rotatable bonds is 2. The Morgan fingerprint density at radius 1 is 1.00 bits per heavy atom. The Labute approximate surface area is 156 Å². The summed E-state index contributed by atoms with van der Waals surface area (Å²) in [6, 6.07) is 10.00. The van der Waals surface area contributed by atoms with Crippen LogP contribution in [0.5, 0.6) is 0 Å². The van der Waals surface area contributed by atoms with Crippen LogP contribution in [-0.2, 0) is 0 Å². The number of aromatic amines is 1. The van der Waals surface area contributed by atoms with Crippen molar-refractivity contribution in [2.45, 2.75) is 6.92 Å². The van der Waals surface area contributed by atoms with Crippen molar-refractivity contribution in [3.63, 3.8) is 0 Å². The predicted octanol–water partition coefficient (Wildman–Crippen LogP) is 3.31. The molecule has 0 aromatic carbocycles. The quantitative estimate of drug-likeness (QED) is 0.593. The molecular weight excluding hydrogens is 338 g/mol. The third-order valence-electron chi connectivity index (χ3n) is 4.92. The van der Waals surface area contributed by atoms with E-state index in [0.29, 0.717) is 5.82 Å². The largest absolute Gasteiger partial charge is 0.369 e. The van der Waals surface area contributed by atoms with Gasteiger partial charge in [-0.25, -0.2) is 19.9 Å². The second kappa shape index (κ2) is 6.05. The summed E-state index contributed by atoms with van der Waals surface area (Å²) in [5.74, 6) is 1.53. The number of nitrogens with zero attached hydrogens (tertiary/aromatic N) is 6. The number of nitrogens with one attached hydrogen (secondary N) is 1. The summed E-state index contributed by atoms with van der Waals surface area (Å²) in [7, 11) is 2.07. The van der Waals surface area contributed by atoms with Crippen LogP contribution in [-0.4, -0.2) is 45.1 Å². The van der Waals surface area contributed by atoms with Gasteiger partial charge in [0, 0.05) is 43.6 Å². The second-order valence-electron chi connectivity index (χ2n) is 6.71. The van der Waals surface area contributed by atoms with Gasteiger partial charge in [0.1, 0.15) is 11.3 Å². The lowest BCUT2D eigenvalue weighted by Crippen LogP contribution is -2.37. The molecule has 0 radical (unpaired) electrons. The molecular formula is C20H19N7. The van der Waals surface area contributed by atoms with E-state index >= 15 is 0 Å². The van der Waals surface area contributed by atoms with Crippen molar-refractivity contribution in [1.82, 2.24) is 24.9 Å². The molecule has 0 fully saturated rings. The summed E-state index contributed by atoms with van der Waals surface area (Å²) in [5.41, 5.74) is 4.72. The van der Waals surface area contributed by atoms with Crippen molar-refractivity contribution in [2.24, 2.45) is 0 Å². The summed E-state index contributed by atoms with van der Waals surface area (Å²) in [5, 5.41) is 1.09. The molecule has 4 aromatic rings. The number of anilines is 3. The fourth-order valence-electron chi connectivity index (χ4n) is 3.52. The molecule has 27 heavy (non-hydrogen) atoms. The number of aromatic nitrogens is 5. The fraction of sp³-hybridized carbons (Fsp3) is 0.200. The molecule has 0 aliphatic carbocycles. The smallest absolute Gasteiger partial charge is 0.180 e. The summed E-state index contributed by atoms with van der Waals surface area (Å²) >= 11 is 0. The molecule has 7 nitrogen and oxygen atoms in total. The van der Waals surface area contributed by atoms with E-state index in [-0.39, 0.29) is 0 Å². The maximum Gasteiger partial charge on any atom is 0.180 e. The average Bonchev–Trinajstić information content (AvgIpc) is 3.17. The van der Waals surface area contributed by atoms with Crippen LogP contribution in [0.1, 0.15) is 5.69 Å². The minimum absolute atomic E-state index is 0.636. The minimum atomic E-state index is 0.636. The van der Waals surface area contributed by atoms with Crippen LogP contribution < -0.4 is 9.80 Å². The highest BCUT2D eigenvalue weighted by atomic mass is 15.3. The van der Waals surface area contributed by atoms with Crippen LogP contribution in [0.15, 0.2) is 48.9 Å². The third-order valence-corrected chi connectivity index (χ3v) is 4.92. The van der Waals surface area contributed by atoms with Crippen molar-refractivity contribution in [3.8, 4) is 11.5 Å². The Morgan fingerprint density at radius 3 is 2.81 bits per heavy atom. The molecule has 1 aliphatic heterocycles. The molecule has 0 bridgehead atoms. The van der Waals surface area contributed by atoms with Gasteiger partial charge in [-0.15, -0.1) is 0 Å². The molecule has 1 aliphatic rings. The number of pyridine rings is 2. The molecule has 0 amide bonds. The Kier molecular flexibility index (Phi) is 3.53. The lowest BCUT2D eigenvalue weighted by Gasteiger charge is -2.36. The normalized spacial score (nSPS) is 13.9.